The first kappa shape index (κ1) is 24.1. The van der Waals surface area contributed by atoms with Gasteiger partial charge in [0.1, 0.15) is 0 Å². The van der Waals surface area contributed by atoms with Crippen molar-refractivity contribution in [3.05, 3.63) is 66.0 Å². The molecule has 0 spiro atoms. The molecule has 2 atom stereocenters. The first-order chi connectivity index (χ1) is 14.5. The molecule has 2 heterocycles. The van der Waals surface area contributed by atoms with E-state index in [0.717, 1.165) is 25.7 Å². The van der Waals surface area contributed by atoms with Gasteiger partial charge in [0.2, 0.25) is 0 Å². The van der Waals surface area contributed by atoms with Crippen molar-refractivity contribution in [1.82, 2.24) is 0 Å². The summed E-state index contributed by atoms with van der Waals surface area (Å²) in [5.41, 5.74) is -0.0241. The molecule has 31 heavy (non-hydrogen) atoms. The molecular formula is C26H36O2S2Zr. The summed E-state index contributed by atoms with van der Waals surface area (Å²) < 4.78 is 18.1. The van der Waals surface area contributed by atoms with Gasteiger partial charge in [0.05, 0.1) is 0 Å². The Labute approximate surface area is 203 Å². The van der Waals surface area contributed by atoms with Crippen molar-refractivity contribution < 1.29 is 26.8 Å². The van der Waals surface area contributed by atoms with E-state index in [9.17, 15) is 0 Å². The third-order valence-corrected chi connectivity index (χ3v) is 19.7. The van der Waals surface area contributed by atoms with Gasteiger partial charge in [-0.25, -0.2) is 0 Å². The molecule has 0 aromatic carbocycles. The summed E-state index contributed by atoms with van der Waals surface area (Å²) in [5.74, 6) is 0. The van der Waals surface area contributed by atoms with Crippen LogP contribution in [0.2, 0.25) is 0 Å². The average molecular weight is 536 g/mol. The summed E-state index contributed by atoms with van der Waals surface area (Å²) in [6, 6.07) is 0. The number of hydrogen-bond acceptors (Lipinski definition) is 4. The zero-order valence-electron chi connectivity index (χ0n) is 19.7. The Balaban J connectivity index is 1.85. The first-order valence-electron chi connectivity index (χ1n) is 11.3. The summed E-state index contributed by atoms with van der Waals surface area (Å²) in [6.45, 7) is 13.9. The van der Waals surface area contributed by atoms with Crippen molar-refractivity contribution in [2.75, 3.05) is 0 Å². The van der Waals surface area contributed by atoms with Crippen LogP contribution in [-0.4, -0.2) is 9.87 Å². The molecule has 2 nitrogen and oxygen atoms in total. The van der Waals surface area contributed by atoms with Crippen molar-refractivity contribution in [3.8, 4) is 0 Å². The fourth-order valence-corrected chi connectivity index (χ4v) is 18.7. The van der Waals surface area contributed by atoms with Crippen LogP contribution in [0.5, 0.6) is 0 Å². The van der Waals surface area contributed by atoms with Gasteiger partial charge in [0.15, 0.2) is 0 Å². The number of allylic oxidation sites excluding steroid dienone is 8. The Morgan fingerprint density at radius 2 is 1.13 bits per heavy atom. The minimum atomic E-state index is -4.00. The SMILES string of the molecule is CC(C)(C)C1([O][Zr]([O]C2(C(C)(C)C)CC=CS2)([C]2=CC=CC2)[C]2=CC=CC2)CC=CS1. The third kappa shape index (κ3) is 4.28. The molecule has 0 aromatic rings. The first-order valence-corrected chi connectivity index (χ1v) is 17.5. The molecule has 0 bridgehead atoms. The second kappa shape index (κ2) is 8.62. The predicted molar refractivity (Wildman–Crippen MR) is 133 cm³/mol. The second-order valence-electron chi connectivity index (χ2n) is 10.9. The van der Waals surface area contributed by atoms with Crippen molar-refractivity contribution in [2.45, 2.75) is 77.1 Å². The van der Waals surface area contributed by atoms with Gasteiger partial charge in [0, 0.05) is 0 Å². The van der Waals surface area contributed by atoms with Gasteiger partial charge in [-0.3, -0.25) is 0 Å². The molecule has 2 unspecified atom stereocenters. The van der Waals surface area contributed by atoms with E-state index in [1.807, 2.05) is 23.5 Å². The van der Waals surface area contributed by atoms with E-state index in [0.29, 0.717) is 0 Å². The van der Waals surface area contributed by atoms with E-state index in [2.05, 4.69) is 101 Å². The van der Waals surface area contributed by atoms with Crippen LogP contribution in [0.1, 0.15) is 67.2 Å². The van der Waals surface area contributed by atoms with E-state index in [1.165, 1.54) is 6.56 Å². The quantitative estimate of drug-likeness (QED) is 0.339. The molecule has 0 fully saturated rings. The summed E-state index contributed by atoms with van der Waals surface area (Å²) in [7, 11) is 0. The Kier molecular flexibility index (Phi) is 6.70. The molecule has 2 aliphatic heterocycles. The molecule has 2 aliphatic carbocycles. The molecular weight excluding hydrogens is 500 g/mol. The van der Waals surface area contributed by atoms with Gasteiger partial charge in [0.25, 0.3) is 0 Å². The van der Waals surface area contributed by atoms with E-state index >= 15 is 0 Å². The molecule has 4 rings (SSSR count). The second-order valence-corrected chi connectivity index (χ2v) is 20.4. The molecule has 0 saturated heterocycles. The minimum absolute atomic E-state index is 0.0121. The average Bonchev–Trinajstić information content (AvgIpc) is 3.47. The summed E-state index contributed by atoms with van der Waals surface area (Å²) in [4.78, 5) is -0.600. The predicted octanol–water partition coefficient (Wildman–Crippen LogP) is 8.48. The van der Waals surface area contributed by atoms with Gasteiger partial charge in [-0.2, -0.15) is 0 Å². The molecule has 168 valence electrons. The monoisotopic (exact) mass is 534 g/mol. The fraction of sp³-hybridized carbons (Fsp3) is 0.538. The van der Waals surface area contributed by atoms with Gasteiger partial charge in [-0.1, -0.05) is 0 Å². The van der Waals surface area contributed by atoms with E-state index < -0.39 is 21.1 Å². The molecule has 4 aliphatic rings. The van der Waals surface area contributed by atoms with Crippen LogP contribution in [0, 0.1) is 10.8 Å². The maximum absolute atomic E-state index is 7.63. The topological polar surface area (TPSA) is 18.5 Å². The Morgan fingerprint density at radius 3 is 1.39 bits per heavy atom. The molecule has 0 amide bonds. The Bertz CT molecular complexity index is 803. The van der Waals surface area contributed by atoms with E-state index in [4.69, 9.17) is 5.63 Å². The van der Waals surface area contributed by atoms with Gasteiger partial charge in [-0.05, 0) is 0 Å². The molecule has 0 N–H and O–H groups in total. The van der Waals surface area contributed by atoms with Crippen molar-refractivity contribution in [3.63, 3.8) is 0 Å². The number of rotatable bonds is 6. The zero-order chi connectivity index (χ0) is 22.4. The van der Waals surface area contributed by atoms with Crippen molar-refractivity contribution >= 4 is 23.5 Å². The van der Waals surface area contributed by atoms with Gasteiger partial charge < -0.3 is 0 Å². The summed E-state index contributed by atoms with van der Waals surface area (Å²) >= 11 is -0.283. The van der Waals surface area contributed by atoms with Crippen LogP contribution < -0.4 is 0 Å². The van der Waals surface area contributed by atoms with Crippen molar-refractivity contribution in [2.24, 2.45) is 10.8 Å². The van der Waals surface area contributed by atoms with E-state index in [1.54, 1.807) is 0 Å². The van der Waals surface area contributed by atoms with Crippen LogP contribution in [0.25, 0.3) is 0 Å². The number of thioether (sulfide) groups is 2. The standard InChI is InChI=1S/2C8H13OS.2C5H5.Zr/c2*1-7(2,3)8(9)5-4-6-10-8;2*1-2-4-5-3-1;/h2*4,6H,5H2,1-3H3;2*1-3H,4H2;/q2*-1;;;+2. The van der Waals surface area contributed by atoms with Crippen LogP contribution in [0.4, 0.5) is 0 Å². The van der Waals surface area contributed by atoms with Gasteiger partial charge >= 0.3 is 204 Å². The zero-order valence-corrected chi connectivity index (χ0v) is 23.8. The van der Waals surface area contributed by atoms with Gasteiger partial charge in [-0.15, -0.1) is 0 Å². The molecule has 0 saturated carbocycles. The molecule has 0 aromatic heterocycles. The van der Waals surface area contributed by atoms with Crippen LogP contribution in [-0.2, 0) is 26.8 Å². The third-order valence-electron chi connectivity index (χ3n) is 6.77. The maximum atomic E-state index is 7.63. The van der Waals surface area contributed by atoms with Crippen LogP contribution in [0.3, 0.4) is 0 Å². The van der Waals surface area contributed by atoms with E-state index in [-0.39, 0.29) is 20.7 Å². The Morgan fingerprint density at radius 1 is 0.710 bits per heavy atom. The van der Waals surface area contributed by atoms with Crippen LogP contribution >= 0.6 is 23.5 Å². The van der Waals surface area contributed by atoms with Crippen LogP contribution in [0.15, 0.2) is 66.0 Å². The number of hydrogen-bond donors (Lipinski definition) is 0. The summed E-state index contributed by atoms with van der Waals surface area (Å²) in [5, 5.41) is 4.46. The molecule has 0 radical (unpaired) electrons. The fourth-order valence-electron chi connectivity index (χ4n) is 4.56. The normalized spacial score (nSPS) is 30.5. The van der Waals surface area contributed by atoms with Crippen molar-refractivity contribution in [1.29, 1.82) is 0 Å². The molecule has 5 heteroatoms. The Hall–Kier alpha value is -0.0569. The summed E-state index contributed by atoms with van der Waals surface area (Å²) in [6.07, 6.45) is 21.9.